The second-order valence-electron chi connectivity index (χ2n) is 6.29. The van der Waals surface area contributed by atoms with Gasteiger partial charge in [0.2, 0.25) is 0 Å². The molecule has 156 valence electrons. The Morgan fingerprint density at radius 3 is 2.37 bits per heavy atom. The topological polar surface area (TPSA) is 99.6 Å². The zero-order valence-electron chi connectivity index (χ0n) is 15.6. The van der Waals surface area contributed by atoms with Crippen LogP contribution in [0.3, 0.4) is 0 Å². The number of amides is 1. The number of nitrogens with two attached hydrogens (primary N) is 2. The number of hydrogen-bond donors (Lipinski definition) is 3. The number of fused-ring (bicyclic) bond motifs is 1. The Morgan fingerprint density at radius 1 is 1.00 bits per heavy atom. The van der Waals surface area contributed by atoms with Gasteiger partial charge in [0.25, 0.3) is 0 Å². The number of halogens is 3. The zero-order chi connectivity index (χ0) is 21.7. The zero-order valence-corrected chi connectivity index (χ0v) is 16.3. The van der Waals surface area contributed by atoms with Crippen LogP contribution in [0.4, 0.5) is 25.8 Å². The van der Waals surface area contributed by atoms with E-state index < -0.39 is 12.0 Å². The summed E-state index contributed by atoms with van der Waals surface area (Å²) in [5.74, 6) is -0.931. The van der Waals surface area contributed by atoms with Crippen molar-refractivity contribution in [2.45, 2.75) is 12.7 Å². The van der Waals surface area contributed by atoms with Gasteiger partial charge in [-0.15, -0.1) is 0 Å². The van der Waals surface area contributed by atoms with Gasteiger partial charge in [-0.3, -0.25) is 4.79 Å². The van der Waals surface area contributed by atoms with Gasteiger partial charge < -0.3 is 26.3 Å². The second-order valence-corrected chi connectivity index (χ2v) is 6.70. The number of carbonyl (C=O) groups excluding carboxylic acids is 1. The number of benzene rings is 3. The van der Waals surface area contributed by atoms with E-state index in [0.29, 0.717) is 28.8 Å². The van der Waals surface area contributed by atoms with Crippen molar-refractivity contribution in [1.82, 2.24) is 0 Å². The lowest BCUT2D eigenvalue weighted by Gasteiger charge is -2.24. The maximum absolute atomic E-state index is 12.7. The van der Waals surface area contributed by atoms with Gasteiger partial charge in [-0.1, -0.05) is 41.9 Å². The van der Waals surface area contributed by atoms with Gasteiger partial charge >= 0.3 is 12.0 Å². The molecule has 1 amide bonds. The quantitative estimate of drug-likeness (QED) is 0.520. The first kappa shape index (κ1) is 21.2. The summed E-state index contributed by atoms with van der Waals surface area (Å²) in [5, 5.41) is 2.53. The van der Waals surface area contributed by atoms with Crippen LogP contribution in [-0.2, 0) is 11.4 Å². The smallest absolute Gasteiger partial charge is 0.482 e. The summed E-state index contributed by atoms with van der Waals surface area (Å²) >= 11 is 5.99. The van der Waals surface area contributed by atoms with E-state index in [0.717, 1.165) is 5.56 Å². The molecule has 3 aromatic carbocycles. The summed E-state index contributed by atoms with van der Waals surface area (Å²) in [6.45, 7) is 0.504. The molecule has 0 fully saturated rings. The molecular formula is C21H18ClF2N3O3. The van der Waals surface area contributed by atoms with Crippen molar-refractivity contribution < 1.29 is 23.0 Å². The summed E-state index contributed by atoms with van der Waals surface area (Å²) in [5.41, 5.74) is 13.3. The van der Waals surface area contributed by atoms with Crippen LogP contribution in [0, 0.1) is 0 Å². The number of hydrogen-bond acceptors (Lipinski definition) is 5. The second kappa shape index (κ2) is 8.87. The van der Waals surface area contributed by atoms with Crippen LogP contribution >= 0.6 is 11.6 Å². The van der Waals surface area contributed by atoms with Crippen LogP contribution in [0.2, 0.25) is 5.02 Å². The molecule has 6 nitrogen and oxygen atoms in total. The molecule has 0 aliphatic carbocycles. The fourth-order valence-corrected chi connectivity index (χ4v) is 2.73. The van der Waals surface area contributed by atoms with Crippen LogP contribution in [0.25, 0.3) is 0 Å². The summed E-state index contributed by atoms with van der Waals surface area (Å²) in [6.07, 6.45) is -3.82. The standard InChI is InChI=1S/C13H12ClNO.C8H6F2N2O2/c14-12-8-11(15)6-7-13(12)16-9-10-4-2-1-3-5-10;9-8(10)7(13)12-5-3-4(11)1-2-6(5)14-8/h1-8H,9,15H2;1-3H,11H2,(H,12,13). The van der Waals surface area contributed by atoms with E-state index in [1.54, 1.807) is 18.2 Å². The highest BCUT2D eigenvalue weighted by atomic mass is 35.5. The van der Waals surface area contributed by atoms with Crippen molar-refractivity contribution in [1.29, 1.82) is 0 Å². The minimum absolute atomic E-state index is 0.0937. The first-order valence-electron chi connectivity index (χ1n) is 8.74. The number of nitrogen functional groups attached to an aromatic ring is 2. The summed E-state index contributed by atoms with van der Waals surface area (Å²) in [7, 11) is 0. The summed E-state index contributed by atoms with van der Waals surface area (Å²) in [6, 6.07) is 19.2. The van der Waals surface area contributed by atoms with Gasteiger partial charge in [0.1, 0.15) is 12.4 Å². The van der Waals surface area contributed by atoms with Crippen LogP contribution in [0.15, 0.2) is 66.7 Å². The van der Waals surface area contributed by atoms with E-state index in [4.69, 9.17) is 27.8 Å². The van der Waals surface area contributed by atoms with Crippen molar-refractivity contribution in [3.63, 3.8) is 0 Å². The van der Waals surface area contributed by atoms with E-state index in [-0.39, 0.29) is 11.4 Å². The van der Waals surface area contributed by atoms with Gasteiger partial charge in [-0.05, 0) is 42.0 Å². The third-order valence-corrected chi connectivity index (χ3v) is 4.24. The van der Waals surface area contributed by atoms with Gasteiger partial charge in [-0.2, -0.15) is 8.78 Å². The molecule has 3 aromatic rings. The van der Waals surface area contributed by atoms with Crippen molar-refractivity contribution in [3.05, 3.63) is 77.3 Å². The largest absolute Gasteiger partial charge is 0.487 e. The van der Waals surface area contributed by atoms with Crippen LogP contribution < -0.4 is 26.3 Å². The summed E-state index contributed by atoms with van der Waals surface area (Å²) < 4.78 is 35.2. The molecule has 1 aliphatic heterocycles. The minimum Gasteiger partial charge on any atom is -0.487 e. The molecule has 0 saturated carbocycles. The lowest BCUT2D eigenvalue weighted by atomic mass is 10.2. The third-order valence-electron chi connectivity index (χ3n) is 3.95. The number of carbonyl (C=O) groups is 1. The van der Waals surface area contributed by atoms with Crippen LogP contribution in [0.5, 0.6) is 11.5 Å². The van der Waals surface area contributed by atoms with Crippen molar-refractivity contribution in [2.24, 2.45) is 0 Å². The molecule has 5 N–H and O–H groups in total. The molecule has 0 bridgehead atoms. The molecule has 1 heterocycles. The number of alkyl halides is 2. The monoisotopic (exact) mass is 433 g/mol. The van der Waals surface area contributed by atoms with E-state index in [1.165, 1.54) is 18.2 Å². The highest BCUT2D eigenvalue weighted by Gasteiger charge is 2.46. The Kier molecular flexibility index (Phi) is 6.27. The Labute approximate surface area is 176 Å². The SMILES string of the molecule is Nc1ccc(OCc2ccccc2)c(Cl)c1.Nc1ccc2c(c1)NC(=O)C(F)(F)O2. The van der Waals surface area contributed by atoms with E-state index in [2.05, 4.69) is 4.74 Å². The molecular weight excluding hydrogens is 416 g/mol. The average Bonchev–Trinajstić information content (AvgIpc) is 2.70. The lowest BCUT2D eigenvalue weighted by molar-refractivity contribution is -0.189. The normalized spacial score (nSPS) is 13.8. The van der Waals surface area contributed by atoms with Gasteiger partial charge in [0.15, 0.2) is 5.75 Å². The molecule has 0 saturated heterocycles. The highest BCUT2D eigenvalue weighted by Crippen LogP contribution is 2.36. The van der Waals surface area contributed by atoms with Gasteiger partial charge in [-0.25, -0.2) is 0 Å². The maximum Gasteiger partial charge on any atom is 0.482 e. The van der Waals surface area contributed by atoms with Crippen LogP contribution in [0.1, 0.15) is 5.56 Å². The Balaban J connectivity index is 0.000000172. The summed E-state index contributed by atoms with van der Waals surface area (Å²) in [4.78, 5) is 10.8. The average molecular weight is 434 g/mol. The van der Waals surface area contributed by atoms with E-state index in [9.17, 15) is 13.6 Å². The first-order chi connectivity index (χ1) is 14.2. The number of rotatable bonds is 3. The molecule has 0 spiro atoms. The number of nitrogens with one attached hydrogen (secondary N) is 1. The molecule has 1 aliphatic rings. The minimum atomic E-state index is -3.82. The molecule has 0 atom stereocenters. The maximum atomic E-state index is 12.7. The molecule has 4 rings (SSSR count). The molecule has 0 aromatic heterocycles. The first-order valence-corrected chi connectivity index (χ1v) is 9.12. The van der Waals surface area contributed by atoms with Crippen LogP contribution in [-0.4, -0.2) is 12.0 Å². The lowest BCUT2D eigenvalue weighted by Crippen LogP contribution is -2.43. The van der Waals surface area contributed by atoms with Gasteiger partial charge in [0.05, 0.1) is 10.7 Å². The third kappa shape index (κ3) is 5.30. The Hall–Kier alpha value is -3.52. The molecule has 0 unspecified atom stereocenters. The number of anilines is 3. The fraction of sp³-hybridized carbons (Fsp3) is 0.0952. The predicted molar refractivity (Wildman–Crippen MR) is 112 cm³/mol. The molecule has 30 heavy (non-hydrogen) atoms. The Morgan fingerprint density at radius 2 is 1.67 bits per heavy atom. The predicted octanol–water partition coefficient (Wildman–Crippen LogP) is 4.69. The van der Waals surface area contributed by atoms with Crippen molar-refractivity contribution in [2.75, 3.05) is 16.8 Å². The van der Waals surface area contributed by atoms with E-state index >= 15 is 0 Å². The van der Waals surface area contributed by atoms with E-state index in [1.807, 2.05) is 35.6 Å². The number of ether oxygens (including phenoxy) is 2. The van der Waals surface area contributed by atoms with Crippen molar-refractivity contribution in [3.8, 4) is 11.5 Å². The highest BCUT2D eigenvalue weighted by molar-refractivity contribution is 6.32. The fourth-order valence-electron chi connectivity index (χ4n) is 2.48. The molecule has 9 heteroatoms. The Bertz CT molecular complexity index is 1050. The van der Waals surface area contributed by atoms with Gasteiger partial charge in [0, 0.05) is 11.4 Å². The molecule has 0 radical (unpaired) electrons. The van der Waals surface area contributed by atoms with Crippen molar-refractivity contribution >= 4 is 34.6 Å².